The van der Waals surface area contributed by atoms with Crippen LogP contribution in [0.2, 0.25) is 0 Å². The number of hydrogen-bond donors (Lipinski definition) is 2. The maximum atomic E-state index is 12.4. The van der Waals surface area contributed by atoms with E-state index in [-0.39, 0.29) is 24.3 Å². The molecule has 26 heavy (non-hydrogen) atoms. The summed E-state index contributed by atoms with van der Waals surface area (Å²) in [5.74, 6) is 0.141. The summed E-state index contributed by atoms with van der Waals surface area (Å²) in [4.78, 5) is 24.6. The van der Waals surface area contributed by atoms with Crippen LogP contribution in [0.5, 0.6) is 5.75 Å². The first-order valence-corrected chi connectivity index (χ1v) is 8.96. The van der Waals surface area contributed by atoms with E-state index in [0.717, 1.165) is 18.4 Å². The zero-order valence-electron chi connectivity index (χ0n) is 15.1. The number of nitrogens with one attached hydrogen (secondary N) is 2. The second kappa shape index (κ2) is 8.04. The van der Waals surface area contributed by atoms with Gasteiger partial charge in [0.05, 0.1) is 12.1 Å². The first-order chi connectivity index (χ1) is 12.5. The first kappa shape index (κ1) is 18.0. The highest BCUT2D eigenvalue weighted by Crippen LogP contribution is 2.31. The summed E-state index contributed by atoms with van der Waals surface area (Å²) in [6.45, 7) is 3.99. The van der Waals surface area contributed by atoms with Gasteiger partial charge in [0.2, 0.25) is 5.91 Å². The Kier molecular flexibility index (Phi) is 5.56. The lowest BCUT2D eigenvalue weighted by molar-refractivity contribution is -0.130. The minimum absolute atomic E-state index is 0.00440. The molecule has 0 radical (unpaired) electrons. The van der Waals surface area contributed by atoms with Crippen LogP contribution in [0.4, 0.5) is 5.69 Å². The Morgan fingerprint density at radius 1 is 1.23 bits per heavy atom. The van der Waals surface area contributed by atoms with E-state index in [2.05, 4.69) is 10.6 Å². The number of amides is 2. The molecule has 1 heterocycles. The molecule has 0 spiro atoms. The van der Waals surface area contributed by atoms with Crippen molar-refractivity contribution in [3.8, 4) is 5.75 Å². The fourth-order valence-electron chi connectivity index (χ4n) is 3.05. The van der Waals surface area contributed by atoms with E-state index in [1.165, 1.54) is 5.56 Å². The summed E-state index contributed by atoms with van der Waals surface area (Å²) < 4.78 is 5.73. The largest absolute Gasteiger partial charge is 0.478 e. The number of ether oxygens (including phenoxy) is 1. The van der Waals surface area contributed by atoms with E-state index in [1.807, 2.05) is 62.4 Å². The highest BCUT2D eigenvalue weighted by Gasteiger charge is 2.30. The van der Waals surface area contributed by atoms with Gasteiger partial charge in [-0.15, -0.1) is 0 Å². The zero-order valence-corrected chi connectivity index (χ0v) is 15.1. The SMILES string of the molecule is CCC(Cc1ccccc1)NC(=O)CC1Oc2ccc(C)cc2NC1=O. The minimum Gasteiger partial charge on any atom is -0.478 e. The standard InChI is InChI=1S/C21H24N2O3/c1-3-16(12-15-7-5-4-6-8-15)22-20(24)13-19-21(25)23-17-11-14(2)9-10-18(17)26-19/h4-11,16,19H,3,12-13H2,1-2H3,(H,22,24)(H,23,25). The Labute approximate surface area is 153 Å². The Morgan fingerprint density at radius 3 is 2.73 bits per heavy atom. The van der Waals surface area contributed by atoms with E-state index < -0.39 is 6.10 Å². The molecule has 0 aromatic heterocycles. The summed E-state index contributed by atoms with van der Waals surface area (Å²) in [6, 6.07) is 15.7. The van der Waals surface area contributed by atoms with Crippen molar-refractivity contribution in [2.45, 2.75) is 45.3 Å². The fraction of sp³-hybridized carbons (Fsp3) is 0.333. The van der Waals surface area contributed by atoms with Crippen LogP contribution in [0.15, 0.2) is 48.5 Å². The van der Waals surface area contributed by atoms with Crippen LogP contribution in [0, 0.1) is 6.92 Å². The van der Waals surface area contributed by atoms with Gasteiger partial charge in [-0.05, 0) is 43.0 Å². The lowest BCUT2D eigenvalue weighted by Crippen LogP contribution is -2.43. The molecular formula is C21H24N2O3. The van der Waals surface area contributed by atoms with Crippen LogP contribution >= 0.6 is 0 Å². The van der Waals surface area contributed by atoms with Gasteiger partial charge < -0.3 is 15.4 Å². The van der Waals surface area contributed by atoms with Gasteiger partial charge in [-0.3, -0.25) is 9.59 Å². The number of carbonyl (C=O) groups excluding carboxylic acids is 2. The molecule has 136 valence electrons. The molecule has 0 saturated heterocycles. The van der Waals surface area contributed by atoms with E-state index in [1.54, 1.807) is 0 Å². The van der Waals surface area contributed by atoms with E-state index in [0.29, 0.717) is 11.4 Å². The second-order valence-electron chi connectivity index (χ2n) is 6.66. The molecule has 2 atom stereocenters. The number of hydrogen-bond acceptors (Lipinski definition) is 3. The maximum absolute atomic E-state index is 12.4. The smallest absolute Gasteiger partial charge is 0.266 e. The predicted octanol–water partition coefficient (Wildman–Crippen LogP) is 3.22. The third-order valence-electron chi connectivity index (χ3n) is 4.51. The summed E-state index contributed by atoms with van der Waals surface area (Å²) in [5.41, 5.74) is 2.87. The summed E-state index contributed by atoms with van der Waals surface area (Å²) in [6.07, 6.45) is 0.785. The van der Waals surface area contributed by atoms with Crippen molar-refractivity contribution in [3.63, 3.8) is 0 Å². The molecule has 2 N–H and O–H groups in total. The predicted molar refractivity (Wildman–Crippen MR) is 101 cm³/mol. The van der Waals surface area contributed by atoms with E-state index in [4.69, 9.17) is 4.74 Å². The van der Waals surface area contributed by atoms with Crippen LogP contribution in [-0.4, -0.2) is 24.0 Å². The molecule has 5 nitrogen and oxygen atoms in total. The van der Waals surface area contributed by atoms with E-state index in [9.17, 15) is 9.59 Å². The lowest BCUT2D eigenvalue weighted by Gasteiger charge is -2.26. The Morgan fingerprint density at radius 2 is 2.00 bits per heavy atom. The van der Waals surface area contributed by atoms with Crippen molar-refractivity contribution >= 4 is 17.5 Å². The molecule has 2 amide bonds. The fourth-order valence-corrected chi connectivity index (χ4v) is 3.05. The number of anilines is 1. The van der Waals surface area contributed by atoms with Crippen molar-refractivity contribution in [1.82, 2.24) is 5.32 Å². The Hall–Kier alpha value is -2.82. The van der Waals surface area contributed by atoms with Crippen LogP contribution in [0.3, 0.4) is 0 Å². The quantitative estimate of drug-likeness (QED) is 0.839. The summed E-state index contributed by atoms with van der Waals surface area (Å²) in [7, 11) is 0. The van der Waals surface area contributed by atoms with Gasteiger partial charge in [0.1, 0.15) is 5.75 Å². The Balaban J connectivity index is 1.58. The van der Waals surface area contributed by atoms with Gasteiger partial charge in [-0.25, -0.2) is 0 Å². The lowest BCUT2D eigenvalue weighted by atomic mass is 10.0. The van der Waals surface area contributed by atoms with Crippen molar-refractivity contribution in [3.05, 3.63) is 59.7 Å². The number of benzene rings is 2. The normalized spacial score (nSPS) is 16.8. The zero-order chi connectivity index (χ0) is 18.5. The topological polar surface area (TPSA) is 67.4 Å². The molecule has 0 saturated carbocycles. The number of rotatable bonds is 6. The van der Waals surface area contributed by atoms with Crippen LogP contribution in [0.25, 0.3) is 0 Å². The first-order valence-electron chi connectivity index (χ1n) is 8.96. The molecule has 2 aromatic carbocycles. The van der Waals surface area contributed by atoms with Gasteiger partial charge in [0, 0.05) is 6.04 Å². The number of carbonyl (C=O) groups is 2. The molecule has 0 fully saturated rings. The molecule has 0 bridgehead atoms. The van der Waals surface area contributed by atoms with Gasteiger partial charge in [-0.1, -0.05) is 43.3 Å². The molecule has 2 unspecified atom stereocenters. The van der Waals surface area contributed by atoms with Crippen molar-refractivity contribution < 1.29 is 14.3 Å². The average molecular weight is 352 g/mol. The highest BCUT2D eigenvalue weighted by molar-refractivity contribution is 6.00. The summed E-state index contributed by atoms with van der Waals surface area (Å²) >= 11 is 0. The number of fused-ring (bicyclic) bond motifs is 1. The van der Waals surface area contributed by atoms with E-state index >= 15 is 0 Å². The van der Waals surface area contributed by atoms with Crippen molar-refractivity contribution in [2.24, 2.45) is 0 Å². The average Bonchev–Trinajstić information content (AvgIpc) is 2.63. The summed E-state index contributed by atoms with van der Waals surface area (Å²) in [5, 5.41) is 5.84. The van der Waals surface area contributed by atoms with Gasteiger partial charge >= 0.3 is 0 Å². The van der Waals surface area contributed by atoms with Crippen LogP contribution in [-0.2, 0) is 16.0 Å². The maximum Gasteiger partial charge on any atom is 0.266 e. The monoisotopic (exact) mass is 352 g/mol. The van der Waals surface area contributed by atoms with Crippen LogP contribution < -0.4 is 15.4 Å². The van der Waals surface area contributed by atoms with Gasteiger partial charge in [0.15, 0.2) is 6.10 Å². The molecule has 3 rings (SSSR count). The van der Waals surface area contributed by atoms with Crippen molar-refractivity contribution in [2.75, 3.05) is 5.32 Å². The molecule has 5 heteroatoms. The Bertz CT molecular complexity index is 789. The van der Waals surface area contributed by atoms with Crippen molar-refractivity contribution in [1.29, 1.82) is 0 Å². The van der Waals surface area contributed by atoms with Gasteiger partial charge in [0.25, 0.3) is 5.91 Å². The second-order valence-corrected chi connectivity index (χ2v) is 6.66. The molecule has 2 aromatic rings. The van der Waals surface area contributed by atoms with Crippen LogP contribution in [0.1, 0.15) is 30.9 Å². The third-order valence-corrected chi connectivity index (χ3v) is 4.51. The number of aryl methyl sites for hydroxylation is 1. The molecule has 0 aliphatic carbocycles. The molecule has 1 aliphatic rings. The molecule has 1 aliphatic heterocycles. The van der Waals surface area contributed by atoms with Gasteiger partial charge in [-0.2, -0.15) is 0 Å². The highest BCUT2D eigenvalue weighted by atomic mass is 16.5. The minimum atomic E-state index is -0.806. The third kappa shape index (κ3) is 4.42. The molecular weight excluding hydrogens is 328 g/mol.